The van der Waals surface area contributed by atoms with Crippen LogP contribution < -0.4 is 20.1 Å². The molecule has 8 heteroatoms. The third kappa shape index (κ3) is 7.54. The number of anilines is 1. The molecule has 0 aromatic heterocycles. The molecule has 0 atom stereocenters. The van der Waals surface area contributed by atoms with Gasteiger partial charge in [0.1, 0.15) is 24.7 Å². The number of piperidine rings is 1. The maximum Gasteiger partial charge on any atom is 0.261 e. The van der Waals surface area contributed by atoms with Gasteiger partial charge in [0.25, 0.3) is 11.8 Å². The number of para-hydroxylation sites is 2. The van der Waals surface area contributed by atoms with Crippen molar-refractivity contribution in [1.82, 2.24) is 10.2 Å². The minimum absolute atomic E-state index is 0.0418. The van der Waals surface area contributed by atoms with Crippen molar-refractivity contribution in [3.8, 4) is 11.5 Å². The molecule has 1 fully saturated rings. The average molecular weight is 518 g/mol. The van der Waals surface area contributed by atoms with Crippen molar-refractivity contribution < 1.29 is 19.1 Å². The van der Waals surface area contributed by atoms with Gasteiger partial charge >= 0.3 is 0 Å². The van der Waals surface area contributed by atoms with Gasteiger partial charge in [0.05, 0.1) is 5.56 Å². The van der Waals surface area contributed by atoms with Gasteiger partial charge in [-0.25, -0.2) is 0 Å². The molecule has 0 unspecified atom stereocenters. The molecule has 0 saturated carbocycles. The van der Waals surface area contributed by atoms with Gasteiger partial charge in [-0.3, -0.25) is 14.9 Å². The fourth-order valence-electron chi connectivity index (χ4n) is 4.03. The molecule has 1 heterocycles. The predicted molar refractivity (Wildman–Crippen MR) is 148 cm³/mol. The lowest BCUT2D eigenvalue weighted by atomic mass is 9.98. The molecule has 4 rings (SSSR count). The van der Waals surface area contributed by atoms with Crippen LogP contribution in [0.2, 0.25) is 0 Å². The first-order chi connectivity index (χ1) is 18.0. The van der Waals surface area contributed by atoms with E-state index in [1.165, 1.54) is 0 Å². The highest BCUT2D eigenvalue weighted by atomic mass is 32.1. The zero-order valence-corrected chi connectivity index (χ0v) is 21.6. The van der Waals surface area contributed by atoms with Gasteiger partial charge < -0.3 is 19.7 Å². The van der Waals surface area contributed by atoms with Gasteiger partial charge in [0, 0.05) is 24.3 Å². The Morgan fingerprint density at radius 2 is 1.54 bits per heavy atom. The number of ether oxygens (including phenoxy) is 2. The van der Waals surface area contributed by atoms with Crippen LogP contribution in [0.25, 0.3) is 0 Å². The molecule has 3 aromatic carbocycles. The van der Waals surface area contributed by atoms with E-state index in [0.717, 1.165) is 31.7 Å². The number of likely N-dealkylation sites (tertiary alicyclic amines) is 1. The highest BCUT2D eigenvalue weighted by molar-refractivity contribution is 7.80. The number of benzene rings is 3. The molecule has 1 aliphatic heterocycles. The maximum absolute atomic E-state index is 12.9. The first-order valence-corrected chi connectivity index (χ1v) is 12.8. The van der Waals surface area contributed by atoms with Gasteiger partial charge in [-0.05, 0) is 79.5 Å². The van der Waals surface area contributed by atoms with Crippen molar-refractivity contribution in [3.63, 3.8) is 0 Å². The summed E-state index contributed by atoms with van der Waals surface area (Å²) in [6.45, 7) is 4.43. The van der Waals surface area contributed by atoms with Crippen LogP contribution >= 0.6 is 12.2 Å². The summed E-state index contributed by atoms with van der Waals surface area (Å²) in [5.74, 6) is 1.52. The Labute approximate surface area is 222 Å². The van der Waals surface area contributed by atoms with Crippen molar-refractivity contribution >= 4 is 34.8 Å². The molecule has 1 saturated heterocycles. The number of nitrogens with one attached hydrogen (secondary N) is 2. The van der Waals surface area contributed by atoms with Crippen LogP contribution in [0.3, 0.4) is 0 Å². The Morgan fingerprint density at radius 3 is 2.27 bits per heavy atom. The van der Waals surface area contributed by atoms with E-state index in [1.807, 2.05) is 35.2 Å². The van der Waals surface area contributed by atoms with Gasteiger partial charge in [-0.2, -0.15) is 0 Å². The first kappa shape index (κ1) is 26.2. The molecule has 3 aromatic rings. The first-order valence-electron chi connectivity index (χ1n) is 12.4. The molecule has 0 bridgehead atoms. The smallest absolute Gasteiger partial charge is 0.261 e. The molecular weight excluding hydrogens is 486 g/mol. The molecule has 0 aliphatic carbocycles. The second-order valence-electron chi connectivity index (χ2n) is 8.97. The monoisotopic (exact) mass is 517 g/mol. The minimum Gasteiger partial charge on any atom is -0.490 e. The van der Waals surface area contributed by atoms with E-state index in [4.69, 9.17) is 21.7 Å². The molecule has 192 valence electrons. The number of carbonyl (C=O) groups is 2. The molecule has 2 N–H and O–H groups in total. The number of carbonyl (C=O) groups excluding carboxylic acids is 2. The minimum atomic E-state index is -0.386. The Balaban J connectivity index is 1.27. The highest BCUT2D eigenvalue weighted by Crippen LogP contribution is 2.20. The van der Waals surface area contributed by atoms with E-state index in [1.54, 1.807) is 48.5 Å². The van der Waals surface area contributed by atoms with Gasteiger partial charge in [-0.15, -0.1) is 0 Å². The number of hydrogen-bond acceptors (Lipinski definition) is 5. The van der Waals surface area contributed by atoms with Crippen LogP contribution in [-0.2, 0) is 0 Å². The second kappa shape index (κ2) is 12.9. The molecule has 1 aliphatic rings. The summed E-state index contributed by atoms with van der Waals surface area (Å²) < 4.78 is 11.4. The zero-order chi connectivity index (χ0) is 26.0. The van der Waals surface area contributed by atoms with Gasteiger partial charge in [0.15, 0.2) is 5.11 Å². The summed E-state index contributed by atoms with van der Waals surface area (Å²) in [4.78, 5) is 27.5. The van der Waals surface area contributed by atoms with Gasteiger partial charge in [0.2, 0.25) is 0 Å². The van der Waals surface area contributed by atoms with Crippen LogP contribution in [0.4, 0.5) is 5.69 Å². The fourth-order valence-corrected chi connectivity index (χ4v) is 4.24. The Kier molecular flexibility index (Phi) is 9.10. The molecule has 2 amide bonds. The van der Waals surface area contributed by atoms with E-state index in [9.17, 15) is 9.59 Å². The average Bonchev–Trinajstić information content (AvgIpc) is 2.92. The summed E-state index contributed by atoms with van der Waals surface area (Å²) in [5.41, 5.74) is 1.68. The normalized spacial score (nSPS) is 13.5. The quantitative estimate of drug-likeness (QED) is 0.318. The van der Waals surface area contributed by atoms with Crippen LogP contribution in [0.1, 0.15) is 40.5 Å². The third-order valence-corrected chi connectivity index (χ3v) is 6.38. The fraction of sp³-hybridized carbons (Fsp3) is 0.276. The third-order valence-electron chi connectivity index (χ3n) is 6.17. The Bertz CT molecular complexity index is 1210. The van der Waals surface area contributed by atoms with Crippen LogP contribution in [0.5, 0.6) is 11.5 Å². The summed E-state index contributed by atoms with van der Waals surface area (Å²) in [6.07, 6.45) is 2.07. The summed E-state index contributed by atoms with van der Waals surface area (Å²) >= 11 is 5.33. The van der Waals surface area contributed by atoms with Crippen LogP contribution in [0.15, 0.2) is 78.9 Å². The van der Waals surface area contributed by atoms with Crippen molar-refractivity contribution in [2.24, 2.45) is 5.92 Å². The lowest BCUT2D eigenvalue weighted by molar-refractivity contribution is 0.0697. The lowest BCUT2D eigenvalue weighted by Crippen LogP contribution is -2.37. The van der Waals surface area contributed by atoms with Gasteiger partial charge in [-0.1, -0.05) is 37.3 Å². The molecule has 37 heavy (non-hydrogen) atoms. The van der Waals surface area contributed by atoms with E-state index in [0.29, 0.717) is 35.1 Å². The standard InChI is InChI=1S/C29H31N3O4S/c1-21-15-17-32(18-16-21)28(34)22-11-13-23(14-12-22)30-29(37)31-27(33)25-9-5-6-10-26(25)36-20-19-35-24-7-3-2-4-8-24/h2-14,21H,15-20H2,1H3,(H2,30,31,33,37). The zero-order valence-electron chi connectivity index (χ0n) is 20.8. The Morgan fingerprint density at radius 1 is 0.892 bits per heavy atom. The Hall–Kier alpha value is -3.91. The molecule has 7 nitrogen and oxygen atoms in total. The topological polar surface area (TPSA) is 79.9 Å². The van der Waals surface area contributed by atoms with Crippen molar-refractivity contribution in [2.75, 3.05) is 31.6 Å². The lowest BCUT2D eigenvalue weighted by Gasteiger charge is -2.30. The maximum atomic E-state index is 12.9. The number of hydrogen-bond donors (Lipinski definition) is 2. The molecule has 0 spiro atoms. The summed E-state index contributed by atoms with van der Waals surface area (Å²) in [7, 11) is 0. The number of rotatable bonds is 8. The summed E-state index contributed by atoms with van der Waals surface area (Å²) in [5, 5.41) is 5.84. The van der Waals surface area contributed by atoms with Crippen molar-refractivity contribution in [1.29, 1.82) is 0 Å². The van der Waals surface area contributed by atoms with E-state index in [2.05, 4.69) is 17.6 Å². The largest absolute Gasteiger partial charge is 0.490 e. The number of amides is 2. The SMILES string of the molecule is CC1CCN(C(=O)c2ccc(NC(=S)NC(=O)c3ccccc3OCCOc3ccccc3)cc2)CC1. The summed E-state index contributed by atoms with van der Waals surface area (Å²) in [6, 6.07) is 23.5. The van der Waals surface area contributed by atoms with E-state index >= 15 is 0 Å². The van der Waals surface area contributed by atoms with Crippen molar-refractivity contribution in [2.45, 2.75) is 19.8 Å². The van der Waals surface area contributed by atoms with Crippen LogP contribution in [-0.4, -0.2) is 48.1 Å². The predicted octanol–water partition coefficient (Wildman–Crippen LogP) is 5.14. The second-order valence-corrected chi connectivity index (χ2v) is 9.37. The van der Waals surface area contributed by atoms with E-state index in [-0.39, 0.29) is 23.5 Å². The number of nitrogens with zero attached hydrogens (tertiary/aromatic N) is 1. The molecular formula is C29H31N3O4S. The van der Waals surface area contributed by atoms with Crippen molar-refractivity contribution in [3.05, 3.63) is 90.0 Å². The number of thiocarbonyl (C=S) groups is 1. The molecule has 0 radical (unpaired) electrons. The van der Waals surface area contributed by atoms with E-state index < -0.39 is 0 Å². The van der Waals surface area contributed by atoms with Crippen LogP contribution in [0, 0.1) is 5.92 Å². The highest BCUT2D eigenvalue weighted by Gasteiger charge is 2.21.